The fraction of sp³-hybridized carbons (Fsp3) is 0.188. The zero-order chi connectivity index (χ0) is 14.8. The van der Waals surface area contributed by atoms with E-state index in [1.165, 1.54) is 12.1 Å². The highest BCUT2D eigenvalue weighted by molar-refractivity contribution is 5.89. The van der Waals surface area contributed by atoms with E-state index in [9.17, 15) is 9.18 Å². The molecule has 2 amide bonds. The van der Waals surface area contributed by atoms with Crippen LogP contribution in [0.3, 0.4) is 0 Å². The third kappa shape index (κ3) is 2.87. The lowest BCUT2D eigenvalue weighted by molar-refractivity contribution is 0.247. The van der Waals surface area contributed by atoms with Crippen molar-refractivity contribution in [1.82, 2.24) is 5.32 Å². The minimum atomic E-state index is -0.393. The number of amides is 2. The first-order valence-corrected chi connectivity index (χ1v) is 6.80. The molecule has 0 radical (unpaired) electrons. The van der Waals surface area contributed by atoms with Gasteiger partial charge in [-0.05, 0) is 35.7 Å². The van der Waals surface area contributed by atoms with E-state index in [0.717, 1.165) is 17.5 Å². The van der Waals surface area contributed by atoms with Crippen molar-refractivity contribution < 1.29 is 9.18 Å². The highest BCUT2D eigenvalue weighted by Gasteiger charge is 2.30. The van der Waals surface area contributed by atoms with Gasteiger partial charge in [-0.25, -0.2) is 9.18 Å². The van der Waals surface area contributed by atoms with Crippen molar-refractivity contribution in [2.45, 2.75) is 18.5 Å². The van der Waals surface area contributed by atoms with Crippen LogP contribution in [0.5, 0.6) is 0 Å². The quantitative estimate of drug-likeness (QED) is 0.794. The molecular formula is C16H16FN3O. The number of nitrogens with one attached hydrogen (secondary N) is 2. The summed E-state index contributed by atoms with van der Waals surface area (Å²) in [6.45, 7) is 0. The molecule has 2 atom stereocenters. The van der Waals surface area contributed by atoms with Crippen molar-refractivity contribution in [3.05, 3.63) is 65.5 Å². The Morgan fingerprint density at radius 2 is 2.00 bits per heavy atom. The van der Waals surface area contributed by atoms with E-state index in [2.05, 4.69) is 10.6 Å². The average molecular weight is 285 g/mol. The molecule has 4 nitrogen and oxygen atoms in total. The molecule has 0 saturated carbocycles. The predicted molar refractivity (Wildman–Crippen MR) is 79.4 cm³/mol. The lowest BCUT2D eigenvalue weighted by Crippen LogP contribution is -2.40. The molecule has 1 aliphatic rings. The lowest BCUT2D eigenvalue weighted by atomic mass is 10.1. The lowest BCUT2D eigenvalue weighted by Gasteiger charge is -2.19. The van der Waals surface area contributed by atoms with E-state index in [1.54, 1.807) is 12.1 Å². The summed E-state index contributed by atoms with van der Waals surface area (Å²) in [5.41, 5.74) is 8.70. The fourth-order valence-electron chi connectivity index (χ4n) is 2.69. The van der Waals surface area contributed by atoms with E-state index >= 15 is 0 Å². The summed E-state index contributed by atoms with van der Waals surface area (Å²) in [4.78, 5) is 12.0. The van der Waals surface area contributed by atoms with Gasteiger partial charge >= 0.3 is 6.03 Å². The molecule has 21 heavy (non-hydrogen) atoms. The number of nitrogens with two attached hydrogens (primary N) is 1. The zero-order valence-corrected chi connectivity index (χ0v) is 11.3. The maximum Gasteiger partial charge on any atom is 0.319 e. The molecule has 0 aliphatic heterocycles. The van der Waals surface area contributed by atoms with Crippen molar-refractivity contribution in [2.75, 3.05) is 5.32 Å². The van der Waals surface area contributed by atoms with Gasteiger partial charge in [-0.1, -0.05) is 30.3 Å². The van der Waals surface area contributed by atoms with Gasteiger partial charge in [0.15, 0.2) is 0 Å². The fourth-order valence-corrected chi connectivity index (χ4v) is 2.69. The molecule has 0 saturated heterocycles. The number of hydrogen-bond donors (Lipinski definition) is 3. The Morgan fingerprint density at radius 1 is 1.19 bits per heavy atom. The van der Waals surface area contributed by atoms with Gasteiger partial charge in [0, 0.05) is 11.7 Å². The standard InChI is InChI=1S/C16H16FN3O/c17-11-5-3-6-12(9-11)19-16(21)20-15-13-7-2-1-4-10(13)8-14(15)18/h1-7,9,14-15H,8,18H2,(H2,19,20,21). The normalized spacial score (nSPS) is 19.9. The van der Waals surface area contributed by atoms with Crippen LogP contribution in [0.1, 0.15) is 17.2 Å². The van der Waals surface area contributed by atoms with Gasteiger partial charge in [0.2, 0.25) is 0 Å². The molecule has 0 heterocycles. The summed E-state index contributed by atoms with van der Waals surface area (Å²) in [5.74, 6) is -0.393. The Hall–Kier alpha value is -2.40. The van der Waals surface area contributed by atoms with Crippen molar-refractivity contribution >= 4 is 11.7 Å². The maximum atomic E-state index is 13.1. The van der Waals surface area contributed by atoms with Crippen LogP contribution in [0.25, 0.3) is 0 Å². The molecule has 1 aliphatic carbocycles. The van der Waals surface area contributed by atoms with Crippen LogP contribution < -0.4 is 16.4 Å². The molecule has 0 fully saturated rings. The van der Waals surface area contributed by atoms with E-state index in [0.29, 0.717) is 5.69 Å². The number of rotatable bonds is 2. The minimum Gasteiger partial charge on any atom is -0.329 e. The van der Waals surface area contributed by atoms with Crippen LogP contribution >= 0.6 is 0 Å². The number of fused-ring (bicyclic) bond motifs is 1. The molecule has 2 unspecified atom stereocenters. The molecule has 3 rings (SSSR count). The van der Waals surface area contributed by atoms with Crippen molar-refractivity contribution in [3.63, 3.8) is 0 Å². The molecule has 0 aromatic heterocycles. The van der Waals surface area contributed by atoms with Crippen LogP contribution in [0.15, 0.2) is 48.5 Å². The Kier molecular flexibility index (Phi) is 3.58. The molecule has 4 N–H and O–H groups in total. The van der Waals surface area contributed by atoms with Gasteiger partial charge in [-0.3, -0.25) is 0 Å². The molecule has 2 aromatic rings. The SMILES string of the molecule is NC1Cc2ccccc2C1NC(=O)Nc1cccc(F)c1. The van der Waals surface area contributed by atoms with Crippen LogP contribution in [-0.4, -0.2) is 12.1 Å². The first kappa shape index (κ1) is 13.6. The predicted octanol–water partition coefficient (Wildman–Crippen LogP) is 2.57. The van der Waals surface area contributed by atoms with Crippen molar-refractivity contribution in [1.29, 1.82) is 0 Å². The Balaban J connectivity index is 1.70. The van der Waals surface area contributed by atoms with Gasteiger partial charge in [-0.15, -0.1) is 0 Å². The van der Waals surface area contributed by atoms with E-state index in [4.69, 9.17) is 5.73 Å². The average Bonchev–Trinajstić information content (AvgIpc) is 2.75. The van der Waals surface area contributed by atoms with E-state index < -0.39 is 11.8 Å². The molecule has 0 bridgehead atoms. The summed E-state index contributed by atoms with van der Waals surface area (Å²) >= 11 is 0. The second kappa shape index (κ2) is 5.54. The number of urea groups is 1. The number of anilines is 1. The van der Waals surface area contributed by atoms with E-state index in [1.807, 2.05) is 24.3 Å². The Labute approximate surface area is 122 Å². The summed E-state index contributed by atoms with van der Waals surface area (Å²) in [6, 6.07) is 12.9. The molecule has 2 aromatic carbocycles. The second-order valence-electron chi connectivity index (χ2n) is 5.15. The number of carbonyl (C=O) groups is 1. The summed E-state index contributed by atoms with van der Waals surface area (Å²) in [6.07, 6.45) is 0.737. The van der Waals surface area contributed by atoms with Crippen molar-refractivity contribution in [2.24, 2.45) is 5.73 Å². The van der Waals surface area contributed by atoms with Gasteiger partial charge < -0.3 is 16.4 Å². The van der Waals surface area contributed by atoms with Crippen LogP contribution in [0.4, 0.5) is 14.9 Å². The van der Waals surface area contributed by atoms with Gasteiger partial charge in [0.1, 0.15) is 5.82 Å². The van der Waals surface area contributed by atoms with Crippen LogP contribution in [0, 0.1) is 5.82 Å². The molecular weight excluding hydrogens is 269 g/mol. The number of benzene rings is 2. The first-order chi connectivity index (χ1) is 10.1. The third-order valence-corrected chi connectivity index (χ3v) is 3.64. The molecule has 0 spiro atoms. The summed E-state index contributed by atoms with van der Waals surface area (Å²) < 4.78 is 13.1. The van der Waals surface area contributed by atoms with Gasteiger partial charge in [0.05, 0.1) is 6.04 Å². The van der Waals surface area contributed by atoms with Crippen molar-refractivity contribution in [3.8, 4) is 0 Å². The largest absolute Gasteiger partial charge is 0.329 e. The first-order valence-electron chi connectivity index (χ1n) is 6.80. The maximum absolute atomic E-state index is 13.1. The minimum absolute atomic E-state index is 0.152. The highest BCUT2D eigenvalue weighted by Crippen LogP contribution is 2.30. The number of halogens is 1. The second-order valence-corrected chi connectivity index (χ2v) is 5.15. The molecule has 108 valence electrons. The number of carbonyl (C=O) groups excluding carboxylic acids is 1. The van der Waals surface area contributed by atoms with Gasteiger partial charge in [0.25, 0.3) is 0 Å². The zero-order valence-electron chi connectivity index (χ0n) is 11.3. The summed E-state index contributed by atoms with van der Waals surface area (Å²) in [7, 11) is 0. The van der Waals surface area contributed by atoms with Crippen LogP contribution in [-0.2, 0) is 6.42 Å². The number of hydrogen-bond acceptors (Lipinski definition) is 2. The third-order valence-electron chi connectivity index (χ3n) is 3.64. The topological polar surface area (TPSA) is 67.1 Å². The Bertz CT molecular complexity index is 674. The summed E-state index contributed by atoms with van der Waals surface area (Å²) in [5, 5.41) is 5.47. The van der Waals surface area contributed by atoms with Crippen LogP contribution in [0.2, 0.25) is 0 Å². The monoisotopic (exact) mass is 285 g/mol. The highest BCUT2D eigenvalue weighted by atomic mass is 19.1. The van der Waals surface area contributed by atoms with Gasteiger partial charge in [-0.2, -0.15) is 0 Å². The Morgan fingerprint density at radius 3 is 2.81 bits per heavy atom. The smallest absolute Gasteiger partial charge is 0.319 e. The molecule has 5 heteroatoms. The van der Waals surface area contributed by atoms with E-state index in [-0.39, 0.29) is 12.1 Å².